The lowest BCUT2D eigenvalue weighted by molar-refractivity contribution is 0.226. The fraction of sp³-hybridized carbons (Fsp3) is 0.700. The zero-order chi connectivity index (χ0) is 18.6. The number of hydrogen-bond acceptors (Lipinski definition) is 6. The van der Waals surface area contributed by atoms with Gasteiger partial charge in [0, 0.05) is 46.8 Å². The van der Waals surface area contributed by atoms with Gasteiger partial charge in [0.25, 0.3) is 0 Å². The minimum atomic E-state index is 0.229. The molecule has 5 rings (SSSR count). The maximum Gasteiger partial charge on any atom is 0.0900 e. The molecular formula is C20H30N4S2. The van der Waals surface area contributed by atoms with E-state index in [1.54, 1.807) is 4.88 Å². The van der Waals surface area contributed by atoms with Crippen LogP contribution in [0.5, 0.6) is 0 Å². The summed E-state index contributed by atoms with van der Waals surface area (Å²) in [7, 11) is 4.44. The molecule has 0 N–H and O–H groups in total. The van der Waals surface area contributed by atoms with Crippen molar-refractivity contribution < 1.29 is 0 Å². The van der Waals surface area contributed by atoms with Crippen LogP contribution in [0, 0.1) is 13.8 Å². The third-order valence-electron chi connectivity index (χ3n) is 5.93. The van der Waals surface area contributed by atoms with Gasteiger partial charge in [-0.05, 0) is 40.8 Å². The topological polar surface area (TPSA) is 32.3 Å². The van der Waals surface area contributed by atoms with Crippen molar-refractivity contribution in [3.8, 4) is 0 Å². The molecule has 6 heteroatoms. The fourth-order valence-corrected chi connectivity index (χ4v) is 7.18. The molecule has 0 spiro atoms. The number of likely N-dealkylation sites (N-methyl/N-ethyl adjacent to an activating group) is 2. The molecule has 2 unspecified atom stereocenters. The summed E-state index contributed by atoms with van der Waals surface area (Å²) in [6.07, 6.45) is 3.89. The number of hydrogen-bond donors (Lipinski definition) is 0. The SMILES string of the molecule is Cc1nc2c(s1)C1CCC(C2)N1C.Cc1nc2c(s1)CN(C)CC2(C)C. The first kappa shape index (κ1) is 18.5. The van der Waals surface area contributed by atoms with Gasteiger partial charge in [-0.3, -0.25) is 4.90 Å². The fourth-order valence-electron chi connectivity index (χ4n) is 4.85. The first-order valence-corrected chi connectivity index (χ1v) is 11.2. The van der Waals surface area contributed by atoms with Crippen molar-refractivity contribution in [3.05, 3.63) is 31.2 Å². The van der Waals surface area contributed by atoms with Crippen molar-refractivity contribution >= 4 is 22.7 Å². The van der Waals surface area contributed by atoms with Crippen LogP contribution in [-0.2, 0) is 18.4 Å². The quantitative estimate of drug-likeness (QED) is 0.671. The van der Waals surface area contributed by atoms with Crippen molar-refractivity contribution in [3.63, 3.8) is 0 Å². The molecule has 3 aliphatic rings. The van der Waals surface area contributed by atoms with Crippen LogP contribution in [0.15, 0.2) is 0 Å². The molecule has 26 heavy (non-hydrogen) atoms. The number of aromatic nitrogens is 2. The van der Waals surface area contributed by atoms with E-state index in [4.69, 9.17) is 0 Å². The van der Waals surface area contributed by atoms with Gasteiger partial charge in [-0.2, -0.15) is 0 Å². The molecule has 2 aromatic rings. The lowest BCUT2D eigenvalue weighted by Gasteiger charge is -2.34. The van der Waals surface area contributed by atoms with E-state index in [9.17, 15) is 0 Å². The zero-order valence-electron chi connectivity index (χ0n) is 16.8. The molecule has 4 nitrogen and oxygen atoms in total. The van der Waals surface area contributed by atoms with Crippen molar-refractivity contribution in [2.75, 3.05) is 20.6 Å². The van der Waals surface area contributed by atoms with E-state index in [1.165, 1.54) is 45.5 Å². The second-order valence-corrected chi connectivity index (χ2v) is 11.2. The van der Waals surface area contributed by atoms with E-state index in [0.29, 0.717) is 6.04 Å². The molecule has 3 aliphatic heterocycles. The van der Waals surface area contributed by atoms with Gasteiger partial charge < -0.3 is 4.90 Å². The van der Waals surface area contributed by atoms with Crippen LogP contribution in [-0.4, -0.2) is 46.4 Å². The average molecular weight is 391 g/mol. The van der Waals surface area contributed by atoms with Gasteiger partial charge in [-0.1, -0.05) is 13.8 Å². The normalized spacial score (nSPS) is 26.8. The summed E-state index contributed by atoms with van der Waals surface area (Å²) in [5.74, 6) is 0. The molecule has 0 aromatic carbocycles. The highest BCUT2D eigenvalue weighted by molar-refractivity contribution is 7.12. The van der Waals surface area contributed by atoms with Gasteiger partial charge in [0.1, 0.15) is 0 Å². The first-order chi connectivity index (χ1) is 12.2. The molecule has 142 valence electrons. The second-order valence-electron chi connectivity index (χ2n) is 8.72. The highest BCUT2D eigenvalue weighted by Gasteiger charge is 2.39. The Balaban J connectivity index is 0.000000129. The third kappa shape index (κ3) is 3.26. The first-order valence-electron chi connectivity index (χ1n) is 9.58. The number of aryl methyl sites for hydroxylation is 2. The van der Waals surface area contributed by atoms with Gasteiger partial charge >= 0.3 is 0 Å². The molecule has 2 aromatic heterocycles. The van der Waals surface area contributed by atoms with Crippen LogP contribution in [0.4, 0.5) is 0 Å². The smallest absolute Gasteiger partial charge is 0.0900 e. The highest BCUT2D eigenvalue weighted by atomic mass is 32.1. The maximum atomic E-state index is 4.63. The van der Waals surface area contributed by atoms with Crippen LogP contribution >= 0.6 is 22.7 Å². The minimum absolute atomic E-state index is 0.229. The van der Waals surface area contributed by atoms with E-state index < -0.39 is 0 Å². The molecule has 2 bridgehead atoms. The minimum Gasteiger partial charge on any atom is -0.300 e. The van der Waals surface area contributed by atoms with Crippen LogP contribution in [0.1, 0.15) is 63.9 Å². The Bertz CT molecular complexity index is 807. The zero-order valence-corrected chi connectivity index (χ0v) is 18.4. The van der Waals surface area contributed by atoms with Gasteiger partial charge in [0.05, 0.1) is 21.4 Å². The molecule has 5 heterocycles. The summed E-state index contributed by atoms with van der Waals surface area (Å²) in [6, 6.07) is 1.47. The standard InChI is InChI=1S/C10H14N2S.C10H16N2S/c1-6-11-8-5-7-3-4-9(12(7)2)10(8)13-6;1-7-11-9-8(13-7)5-12(4)6-10(9,2)3/h7,9H,3-5H2,1-2H3;5-6H2,1-4H3. The Labute approximate surface area is 165 Å². The molecule has 0 amide bonds. The van der Waals surface area contributed by atoms with Crippen molar-refractivity contribution in [1.82, 2.24) is 19.8 Å². The Morgan fingerprint density at radius 1 is 1.04 bits per heavy atom. The van der Waals surface area contributed by atoms with Crippen molar-refractivity contribution in [2.24, 2.45) is 0 Å². The second kappa shape index (κ2) is 6.66. The summed E-state index contributed by atoms with van der Waals surface area (Å²) in [5, 5.41) is 2.44. The van der Waals surface area contributed by atoms with Gasteiger partial charge in [-0.15, -0.1) is 22.7 Å². The lowest BCUT2D eigenvalue weighted by Crippen LogP contribution is -2.39. The number of rotatable bonds is 0. The van der Waals surface area contributed by atoms with Crippen LogP contribution < -0.4 is 0 Å². The molecule has 0 radical (unpaired) electrons. The van der Waals surface area contributed by atoms with Gasteiger partial charge in [-0.25, -0.2) is 9.97 Å². The Morgan fingerprint density at radius 3 is 2.54 bits per heavy atom. The third-order valence-corrected chi connectivity index (χ3v) is 8.00. The highest BCUT2D eigenvalue weighted by Crippen LogP contribution is 2.44. The molecule has 0 saturated carbocycles. The van der Waals surface area contributed by atoms with E-state index in [-0.39, 0.29) is 5.41 Å². The monoisotopic (exact) mass is 390 g/mol. The molecule has 0 aliphatic carbocycles. The largest absolute Gasteiger partial charge is 0.300 e. The number of nitrogens with zero attached hydrogens (tertiary/aromatic N) is 4. The van der Waals surface area contributed by atoms with Crippen LogP contribution in [0.3, 0.4) is 0 Å². The summed E-state index contributed by atoms with van der Waals surface area (Å²) in [5.41, 5.74) is 2.95. The lowest BCUT2D eigenvalue weighted by atomic mass is 9.85. The predicted octanol–water partition coefficient (Wildman–Crippen LogP) is 4.32. The average Bonchev–Trinajstić information content (AvgIpc) is 3.15. The maximum absolute atomic E-state index is 4.63. The molecule has 1 fully saturated rings. The van der Waals surface area contributed by atoms with Gasteiger partial charge in [0.2, 0.25) is 0 Å². The van der Waals surface area contributed by atoms with Gasteiger partial charge in [0.15, 0.2) is 0 Å². The molecule has 2 atom stereocenters. The van der Waals surface area contributed by atoms with Crippen LogP contribution in [0.2, 0.25) is 0 Å². The molecule has 1 saturated heterocycles. The molecular weight excluding hydrogens is 360 g/mol. The van der Waals surface area contributed by atoms with E-state index in [2.05, 4.69) is 61.6 Å². The van der Waals surface area contributed by atoms with E-state index in [0.717, 1.165) is 19.1 Å². The Kier molecular flexibility index (Phi) is 4.75. The summed E-state index contributed by atoms with van der Waals surface area (Å²) in [6.45, 7) is 11.0. The van der Waals surface area contributed by atoms with E-state index in [1.807, 2.05) is 22.7 Å². The summed E-state index contributed by atoms with van der Waals surface area (Å²) in [4.78, 5) is 17.2. The van der Waals surface area contributed by atoms with Crippen molar-refractivity contribution in [2.45, 2.75) is 71.0 Å². The predicted molar refractivity (Wildman–Crippen MR) is 110 cm³/mol. The summed E-state index contributed by atoms with van der Waals surface area (Å²) >= 11 is 3.74. The van der Waals surface area contributed by atoms with Crippen molar-refractivity contribution in [1.29, 1.82) is 0 Å². The van der Waals surface area contributed by atoms with E-state index >= 15 is 0 Å². The Morgan fingerprint density at radius 2 is 1.77 bits per heavy atom. The Hall–Kier alpha value is -0.820. The van der Waals surface area contributed by atoms with Crippen LogP contribution in [0.25, 0.3) is 0 Å². The number of fused-ring (bicyclic) bond motifs is 5. The number of thiazole rings is 2. The summed E-state index contributed by atoms with van der Waals surface area (Å²) < 4.78 is 0.